The van der Waals surface area contributed by atoms with Crippen molar-refractivity contribution in [3.8, 4) is 22.9 Å². The Balaban J connectivity index is 0.000000468. The average Bonchev–Trinajstić information content (AvgIpc) is 2.90. The Bertz CT molecular complexity index is 1230. The number of halogens is 4. The van der Waals surface area contributed by atoms with Gasteiger partial charge in [-0.15, -0.1) is 0 Å². The standard InChI is InChI=1S/C18H17F3N6O2S.C5H10FN/c1-3-27(2)30(28)26-16-11(19)9-13(14(20)15(16)21)29-17-10(5-4-7-23-17)12-6-8-24-18(22)25-12;6-5-2-1-3-7-4-5/h4-9,26H,3H2,1-2H3,(H2,22,24,25);5,7H,1-4H2. The average molecular weight is 542 g/mol. The molecule has 2 atom stereocenters. The largest absolute Gasteiger partial charge is 0.435 e. The molecular formula is C23H27F4N7O2S. The third-order valence-corrected chi connectivity index (χ3v) is 6.41. The fourth-order valence-corrected chi connectivity index (χ4v) is 3.88. The van der Waals surface area contributed by atoms with E-state index in [9.17, 15) is 21.8 Å². The molecule has 4 rings (SSSR count). The number of ether oxygens (including phenoxy) is 1. The maximum Gasteiger partial charge on any atom is 0.228 e. The van der Waals surface area contributed by atoms with Gasteiger partial charge in [0.05, 0.1) is 11.3 Å². The second-order valence-electron chi connectivity index (χ2n) is 7.86. The molecule has 3 heterocycles. The van der Waals surface area contributed by atoms with Crippen LogP contribution >= 0.6 is 0 Å². The molecule has 1 aromatic carbocycles. The topological polar surface area (TPSA) is 118 Å². The number of nitrogens with one attached hydrogen (secondary N) is 2. The SMILES string of the molecule is CCN(C)S(=O)Nc1c(F)cc(Oc2ncccc2-c2ccnc(N)n2)c(F)c1F.FC1CCCNC1. The number of pyridine rings is 1. The molecule has 2 aromatic heterocycles. The third kappa shape index (κ3) is 7.57. The van der Waals surface area contributed by atoms with E-state index in [0.29, 0.717) is 30.4 Å². The van der Waals surface area contributed by atoms with Crippen molar-refractivity contribution in [3.63, 3.8) is 0 Å². The lowest BCUT2D eigenvalue weighted by Gasteiger charge is -2.16. The van der Waals surface area contributed by atoms with Gasteiger partial charge in [-0.3, -0.25) is 4.72 Å². The zero-order valence-corrected chi connectivity index (χ0v) is 21.0. The van der Waals surface area contributed by atoms with E-state index in [0.717, 1.165) is 19.4 Å². The van der Waals surface area contributed by atoms with Crippen molar-refractivity contribution < 1.29 is 26.5 Å². The molecule has 0 bridgehead atoms. The Labute approximate surface area is 214 Å². The number of alkyl halides is 1. The molecule has 0 spiro atoms. The molecule has 4 N–H and O–H groups in total. The van der Waals surface area contributed by atoms with E-state index >= 15 is 0 Å². The summed E-state index contributed by atoms with van der Waals surface area (Å²) in [6.45, 7) is 3.60. The zero-order chi connectivity index (χ0) is 26.9. The molecule has 0 aliphatic carbocycles. The van der Waals surface area contributed by atoms with E-state index in [1.165, 1.54) is 29.8 Å². The van der Waals surface area contributed by atoms with Crippen LogP contribution < -0.4 is 20.5 Å². The fourth-order valence-electron chi connectivity index (χ4n) is 3.13. The number of aromatic nitrogens is 3. The van der Waals surface area contributed by atoms with Crippen LogP contribution in [-0.2, 0) is 11.2 Å². The first-order valence-electron chi connectivity index (χ1n) is 11.3. The van der Waals surface area contributed by atoms with Crippen molar-refractivity contribution in [2.24, 2.45) is 0 Å². The number of nitrogen functional groups attached to an aromatic ring is 1. The van der Waals surface area contributed by atoms with E-state index in [4.69, 9.17) is 10.5 Å². The van der Waals surface area contributed by atoms with Gasteiger partial charge in [-0.2, -0.15) is 4.39 Å². The molecule has 200 valence electrons. The predicted octanol–water partition coefficient (Wildman–Crippen LogP) is 3.98. The van der Waals surface area contributed by atoms with Gasteiger partial charge in [-0.25, -0.2) is 36.6 Å². The van der Waals surface area contributed by atoms with Gasteiger partial charge >= 0.3 is 0 Å². The number of hydrogen-bond acceptors (Lipinski definition) is 7. The molecule has 1 aliphatic rings. The van der Waals surface area contributed by atoms with Crippen molar-refractivity contribution in [2.45, 2.75) is 25.9 Å². The van der Waals surface area contributed by atoms with E-state index in [1.807, 2.05) is 0 Å². The minimum atomic E-state index is -1.96. The summed E-state index contributed by atoms with van der Waals surface area (Å²) in [6, 6.07) is 5.29. The number of piperidine rings is 1. The van der Waals surface area contributed by atoms with Crippen LogP contribution in [0, 0.1) is 17.5 Å². The number of benzene rings is 1. The van der Waals surface area contributed by atoms with Crippen LogP contribution in [0.3, 0.4) is 0 Å². The van der Waals surface area contributed by atoms with E-state index < -0.39 is 46.2 Å². The molecule has 9 nitrogen and oxygen atoms in total. The van der Waals surface area contributed by atoms with Gasteiger partial charge < -0.3 is 15.8 Å². The lowest BCUT2D eigenvalue weighted by molar-refractivity contribution is 0.266. The first-order chi connectivity index (χ1) is 17.7. The normalized spacial score (nSPS) is 16.0. The van der Waals surface area contributed by atoms with Gasteiger partial charge in [0.2, 0.25) is 17.6 Å². The number of nitrogens with zero attached hydrogens (tertiary/aromatic N) is 4. The minimum Gasteiger partial charge on any atom is -0.435 e. The van der Waals surface area contributed by atoms with Crippen molar-refractivity contribution in [1.82, 2.24) is 24.6 Å². The van der Waals surface area contributed by atoms with Crippen LogP contribution in [0.4, 0.5) is 29.2 Å². The smallest absolute Gasteiger partial charge is 0.228 e. The van der Waals surface area contributed by atoms with Crippen molar-refractivity contribution in [3.05, 3.63) is 54.1 Å². The first kappa shape index (κ1) is 28.2. The lowest BCUT2D eigenvalue weighted by atomic mass is 10.1. The van der Waals surface area contributed by atoms with E-state index in [-0.39, 0.29) is 11.8 Å². The van der Waals surface area contributed by atoms with Crippen molar-refractivity contribution >= 4 is 22.8 Å². The highest BCUT2D eigenvalue weighted by Crippen LogP contribution is 2.35. The highest BCUT2D eigenvalue weighted by molar-refractivity contribution is 7.84. The van der Waals surface area contributed by atoms with Crippen LogP contribution in [0.1, 0.15) is 19.8 Å². The summed E-state index contributed by atoms with van der Waals surface area (Å²) in [5.41, 5.74) is 5.33. The maximum absolute atomic E-state index is 14.6. The van der Waals surface area contributed by atoms with Crippen molar-refractivity contribution in [2.75, 3.05) is 37.1 Å². The predicted molar refractivity (Wildman–Crippen MR) is 133 cm³/mol. The highest BCUT2D eigenvalue weighted by Gasteiger charge is 2.23. The molecule has 1 saturated heterocycles. The molecular weight excluding hydrogens is 514 g/mol. The van der Waals surface area contributed by atoms with Crippen LogP contribution in [0.2, 0.25) is 0 Å². The van der Waals surface area contributed by atoms with E-state index in [2.05, 4.69) is 25.0 Å². The van der Waals surface area contributed by atoms with Crippen LogP contribution in [0.15, 0.2) is 36.7 Å². The number of rotatable bonds is 7. The Kier molecular flexibility index (Phi) is 10.1. The fraction of sp³-hybridized carbons (Fsp3) is 0.348. The molecule has 37 heavy (non-hydrogen) atoms. The highest BCUT2D eigenvalue weighted by atomic mass is 32.2. The quantitative estimate of drug-likeness (QED) is 0.306. The summed E-state index contributed by atoms with van der Waals surface area (Å²) in [5, 5.41) is 2.96. The van der Waals surface area contributed by atoms with Gasteiger partial charge in [-0.1, -0.05) is 6.92 Å². The van der Waals surface area contributed by atoms with Gasteiger partial charge in [-0.05, 0) is 37.6 Å². The Morgan fingerprint density at radius 2 is 2.03 bits per heavy atom. The number of hydrogen-bond donors (Lipinski definition) is 3. The zero-order valence-electron chi connectivity index (χ0n) is 20.2. The summed E-state index contributed by atoms with van der Waals surface area (Å²) in [7, 11) is 1.47. The molecule has 0 saturated carbocycles. The Morgan fingerprint density at radius 1 is 1.24 bits per heavy atom. The van der Waals surface area contributed by atoms with E-state index in [1.54, 1.807) is 19.1 Å². The second-order valence-corrected chi connectivity index (χ2v) is 9.18. The number of nitrogens with two attached hydrogens (primary N) is 1. The summed E-state index contributed by atoms with van der Waals surface area (Å²) in [4.78, 5) is 11.8. The number of anilines is 2. The summed E-state index contributed by atoms with van der Waals surface area (Å²) in [5.74, 6) is -5.15. The summed E-state index contributed by atoms with van der Waals surface area (Å²) < 4.78 is 76.3. The molecule has 14 heteroatoms. The van der Waals surface area contributed by atoms with Gasteiger partial charge in [0.1, 0.15) is 11.9 Å². The molecule has 0 amide bonds. The summed E-state index contributed by atoms with van der Waals surface area (Å²) in [6.07, 6.45) is 3.94. The molecule has 2 unspecified atom stereocenters. The summed E-state index contributed by atoms with van der Waals surface area (Å²) >= 11 is -1.96. The van der Waals surface area contributed by atoms with Crippen LogP contribution in [0.5, 0.6) is 11.6 Å². The van der Waals surface area contributed by atoms with Crippen LogP contribution in [-0.4, -0.2) is 56.3 Å². The minimum absolute atomic E-state index is 0.00829. The first-order valence-corrected chi connectivity index (χ1v) is 12.5. The third-order valence-electron chi connectivity index (χ3n) is 5.21. The Hall–Kier alpha value is -3.36. The lowest BCUT2D eigenvalue weighted by Crippen LogP contribution is -2.30. The van der Waals surface area contributed by atoms with Gasteiger partial charge in [0.15, 0.2) is 28.6 Å². The van der Waals surface area contributed by atoms with Crippen LogP contribution in [0.25, 0.3) is 11.3 Å². The Morgan fingerprint density at radius 3 is 2.65 bits per heavy atom. The maximum atomic E-state index is 14.6. The molecule has 1 fully saturated rings. The van der Waals surface area contributed by atoms with Gasteiger partial charge in [0, 0.05) is 38.6 Å². The molecule has 0 radical (unpaired) electrons. The van der Waals surface area contributed by atoms with Gasteiger partial charge in [0.25, 0.3) is 0 Å². The monoisotopic (exact) mass is 541 g/mol. The molecule has 1 aliphatic heterocycles. The molecule has 3 aromatic rings. The second kappa shape index (κ2) is 13.3. The van der Waals surface area contributed by atoms with Crippen molar-refractivity contribution in [1.29, 1.82) is 0 Å².